The molecule has 108 valence electrons. The minimum atomic E-state index is 0.103. The Morgan fingerprint density at radius 1 is 1.42 bits per heavy atom. The van der Waals surface area contributed by atoms with E-state index < -0.39 is 0 Å². The molecule has 2 rings (SSSR count). The van der Waals surface area contributed by atoms with Gasteiger partial charge in [0.25, 0.3) is 0 Å². The van der Waals surface area contributed by atoms with Gasteiger partial charge in [-0.1, -0.05) is 20.8 Å². The average Bonchev–Trinajstić information content (AvgIpc) is 2.69. The lowest BCUT2D eigenvalue weighted by Gasteiger charge is -2.38. The third-order valence-electron chi connectivity index (χ3n) is 4.37. The molecule has 2 aliphatic rings. The van der Waals surface area contributed by atoms with Crippen molar-refractivity contribution in [2.45, 2.75) is 58.9 Å². The molecule has 1 aliphatic heterocycles. The molecule has 1 saturated heterocycles. The van der Waals surface area contributed by atoms with Crippen LogP contribution in [-0.4, -0.2) is 24.4 Å². The fourth-order valence-corrected chi connectivity index (χ4v) is 3.74. The molecule has 0 bridgehead atoms. The first-order valence-electron chi connectivity index (χ1n) is 7.43. The molecular formula is C15H26N2O2. The van der Waals surface area contributed by atoms with Crippen LogP contribution in [0.2, 0.25) is 0 Å². The maximum Gasteiger partial charge on any atom is 0.223 e. The molecule has 1 heterocycles. The van der Waals surface area contributed by atoms with Crippen molar-refractivity contribution in [3.05, 3.63) is 0 Å². The standard InChI is InChI=1S/C15H26N2O2/c1-10-6-11(8-15(2,3)7-10)14(19)16-9-12-4-5-13(18)17-12/h10-12H,4-9H2,1-3H3,(H,16,19)(H,17,18)/t10?,11?,12-/m0/s1. The summed E-state index contributed by atoms with van der Waals surface area (Å²) in [6.07, 6.45) is 4.60. The molecule has 4 heteroatoms. The van der Waals surface area contributed by atoms with E-state index in [0.717, 1.165) is 19.3 Å². The normalized spacial score (nSPS) is 33.8. The zero-order valence-corrected chi connectivity index (χ0v) is 12.3. The van der Waals surface area contributed by atoms with E-state index in [1.807, 2.05) is 0 Å². The highest BCUT2D eigenvalue weighted by molar-refractivity contribution is 5.80. The number of amides is 2. The van der Waals surface area contributed by atoms with Crippen molar-refractivity contribution in [2.75, 3.05) is 6.54 Å². The fourth-order valence-electron chi connectivity index (χ4n) is 3.74. The SMILES string of the molecule is CC1CC(C(=O)NC[C@@H]2CCC(=O)N2)CC(C)(C)C1. The number of hydrogen-bond acceptors (Lipinski definition) is 2. The highest BCUT2D eigenvalue weighted by atomic mass is 16.2. The lowest BCUT2D eigenvalue weighted by Crippen LogP contribution is -2.43. The molecule has 0 radical (unpaired) electrons. The third kappa shape index (κ3) is 3.95. The quantitative estimate of drug-likeness (QED) is 0.819. The van der Waals surface area contributed by atoms with Gasteiger partial charge in [0.05, 0.1) is 0 Å². The van der Waals surface area contributed by atoms with E-state index >= 15 is 0 Å². The van der Waals surface area contributed by atoms with E-state index in [0.29, 0.717) is 18.9 Å². The zero-order chi connectivity index (χ0) is 14.0. The van der Waals surface area contributed by atoms with Crippen molar-refractivity contribution in [2.24, 2.45) is 17.3 Å². The smallest absolute Gasteiger partial charge is 0.223 e. The summed E-state index contributed by atoms with van der Waals surface area (Å²) < 4.78 is 0. The number of rotatable bonds is 3. The Hall–Kier alpha value is -1.06. The summed E-state index contributed by atoms with van der Waals surface area (Å²) in [5.74, 6) is 1.02. The summed E-state index contributed by atoms with van der Waals surface area (Å²) in [5, 5.41) is 5.90. The zero-order valence-electron chi connectivity index (χ0n) is 12.3. The van der Waals surface area contributed by atoms with E-state index in [1.165, 1.54) is 6.42 Å². The predicted molar refractivity (Wildman–Crippen MR) is 74.5 cm³/mol. The Kier molecular flexibility index (Phi) is 4.16. The maximum atomic E-state index is 12.2. The van der Waals surface area contributed by atoms with Gasteiger partial charge in [0.15, 0.2) is 0 Å². The second kappa shape index (κ2) is 5.51. The average molecular weight is 266 g/mol. The first-order chi connectivity index (χ1) is 8.85. The van der Waals surface area contributed by atoms with Crippen molar-refractivity contribution in [1.29, 1.82) is 0 Å². The maximum absolute atomic E-state index is 12.2. The van der Waals surface area contributed by atoms with Crippen molar-refractivity contribution in [3.8, 4) is 0 Å². The molecule has 0 aromatic rings. The van der Waals surface area contributed by atoms with Crippen LogP contribution in [0.4, 0.5) is 0 Å². The van der Waals surface area contributed by atoms with Crippen LogP contribution in [0, 0.1) is 17.3 Å². The van der Waals surface area contributed by atoms with Crippen molar-refractivity contribution in [1.82, 2.24) is 10.6 Å². The second-order valence-electron chi connectivity index (χ2n) is 7.16. The predicted octanol–water partition coefficient (Wildman–Crippen LogP) is 1.84. The molecule has 2 amide bonds. The van der Waals surface area contributed by atoms with E-state index in [1.54, 1.807) is 0 Å². The van der Waals surface area contributed by atoms with Crippen LogP contribution in [0.5, 0.6) is 0 Å². The Bertz CT molecular complexity index is 365. The fraction of sp³-hybridized carbons (Fsp3) is 0.867. The van der Waals surface area contributed by atoms with Gasteiger partial charge < -0.3 is 10.6 Å². The topological polar surface area (TPSA) is 58.2 Å². The molecule has 0 spiro atoms. The van der Waals surface area contributed by atoms with Crippen LogP contribution in [0.3, 0.4) is 0 Å². The highest BCUT2D eigenvalue weighted by Crippen LogP contribution is 2.41. The van der Waals surface area contributed by atoms with Gasteiger partial charge in [-0.05, 0) is 37.0 Å². The summed E-state index contributed by atoms with van der Waals surface area (Å²) in [6, 6.07) is 0.130. The van der Waals surface area contributed by atoms with Crippen LogP contribution in [-0.2, 0) is 9.59 Å². The lowest BCUT2D eigenvalue weighted by atomic mass is 9.68. The van der Waals surface area contributed by atoms with Gasteiger partial charge in [0, 0.05) is 24.9 Å². The molecular weight excluding hydrogens is 240 g/mol. The van der Waals surface area contributed by atoms with E-state index in [2.05, 4.69) is 31.4 Å². The molecule has 2 N–H and O–H groups in total. The van der Waals surface area contributed by atoms with Gasteiger partial charge in [-0.3, -0.25) is 9.59 Å². The minimum absolute atomic E-state index is 0.103. The number of carbonyl (C=O) groups is 2. The molecule has 4 nitrogen and oxygen atoms in total. The van der Waals surface area contributed by atoms with Crippen LogP contribution in [0.15, 0.2) is 0 Å². The largest absolute Gasteiger partial charge is 0.354 e. The van der Waals surface area contributed by atoms with Gasteiger partial charge in [-0.15, -0.1) is 0 Å². The molecule has 1 aliphatic carbocycles. The Balaban J connectivity index is 1.81. The van der Waals surface area contributed by atoms with E-state index in [-0.39, 0.29) is 29.2 Å². The molecule has 1 saturated carbocycles. The second-order valence-corrected chi connectivity index (χ2v) is 7.16. The first kappa shape index (κ1) is 14.4. The van der Waals surface area contributed by atoms with Gasteiger partial charge >= 0.3 is 0 Å². The van der Waals surface area contributed by atoms with Crippen molar-refractivity contribution in [3.63, 3.8) is 0 Å². The van der Waals surface area contributed by atoms with Crippen molar-refractivity contribution < 1.29 is 9.59 Å². The van der Waals surface area contributed by atoms with E-state index in [4.69, 9.17) is 0 Å². The van der Waals surface area contributed by atoms with E-state index in [9.17, 15) is 9.59 Å². The Morgan fingerprint density at radius 2 is 2.16 bits per heavy atom. The van der Waals surface area contributed by atoms with Crippen molar-refractivity contribution >= 4 is 11.8 Å². The van der Waals surface area contributed by atoms with Crippen LogP contribution >= 0.6 is 0 Å². The molecule has 3 atom stereocenters. The number of carbonyl (C=O) groups excluding carboxylic acids is 2. The third-order valence-corrected chi connectivity index (χ3v) is 4.37. The summed E-state index contributed by atoms with van der Waals surface area (Å²) >= 11 is 0. The summed E-state index contributed by atoms with van der Waals surface area (Å²) in [5.41, 5.74) is 0.265. The Labute approximate surface area is 115 Å². The number of hydrogen-bond donors (Lipinski definition) is 2. The summed E-state index contributed by atoms with van der Waals surface area (Å²) in [4.78, 5) is 23.3. The summed E-state index contributed by atoms with van der Waals surface area (Å²) in [6.45, 7) is 7.31. The summed E-state index contributed by atoms with van der Waals surface area (Å²) in [7, 11) is 0. The van der Waals surface area contributed by atoms with Gasteiger partial charge in [-0.2, -0.15) is 0 Å². The molecule has 2 unspecified atom stereocenters. The number of nitrogens with one attached hydrogen (secondary N) is 2. The highest BCUT2D eigenvalue weighted by Gasteiger charge is 2.35. The van der Waals surface area contributed by atoms with Crippen LogP contribution in [0.1, 0.15) is 52.9 Å². The van der Waals surface area contributed by atoms with Gasteiger partial charge in [-0.25, -0.2) is 0 Å². The first-order valence-corrected chi connectivity index (χ1v) is 7.43. The molecule has 19 heavy (non-hydrogen) atoms. The lowest BCUT2D eigenvalue weighted by molar-refractivity contribution is -0.128. The molecule has 0 aromatic carbocycles. The monoisotopic (exact) mass is 266 g/mol. The molecule has 2 fully saturated rings. The minimum Gasteiger partial charge on any atom is -0.354 e. The van der Waals surface area contributed by atoms with Gasteiger partial charge in [0.2, 0.25) is 11.8 Å². The molecule has 0 aromatic heterocycles. The Morgan fingerprint density at radius 3 is 2.74 bits per heavy atom. The van der Waals surface area contributed by atoms with Crippen LogP contribution in [0.25, 0.3) is 0 Å². The van der Waals surface area contributed by atoms with Gasteiger partial charge in [0.1, 0.15) is 0 Å². The van der Waals surface area contributed by atoms with Crippen LogP contribution < -0.4 is 10.6 Å².